The molecule has 1 saturated heterocycles. The van der Waals surface area contributed by atoms with Gasteiger partial charge in [-0.25, -0.2) is 14.4 Å². The molecule has 136 valence electrons. The molecule has 0 radical (unpaired) electrons. The molecule has 1 aromatic rings. The predicted octanol–water partition coefficient (Wildman–Crippen LogP) is 2.46. The van der Waals surface area contributed by atoms with Crippen LogP contribution in [0.1, 0.15) is 27.7 Å². The lowest BCUT2D eigenvalue weighted by Gasteiger charge is -2.27. The van der Waals surface area contributed by atoms with Gasteiger partial charge in [0.15, 0.2) is 6.04 Å². The van der Waals surface area contributed by atoms with Gasteiger partial charge in [-0.1, -0.05) is 0 Å². The van der Waals surface area contributed by atoms with Gasteiger partial charge < -0.3 is 19.5 Å². The van der Waals surface area contributed by atoms with E-state index >= 15 is 0 Å². The number of hydrogen-bond acceptors (Lipinski definition) is 6. The number of ether oxygens (including phenoxy) is 3. The third kappa shape index (κ3) is 4.40. The maximum atomic E-state index is 12.1. The molecule has 1 aromatic carbocycles. The Bertz CT molecular complexity index is 665. The zero-order valence-electron chi connectivity index (χ0n) is 14.9. The van der Waals surface area contributed by atoms with Crippen molar-refractivity contribution >= 4 is 23.8 Å². The van der Waals surface area contributed by atoms with E-state index in [9.17, 15) is 14.4 Å². The van der Waals surface area contributed by atoms with E-state index in [4.69, 9.17) is 14.2 Å². The summed E-state index contributed by atoms with van der Waals surface area (Å²) in [6, 6.07) is 4.88. The van der Waals surface area contributed by atoms with Gasteiger partial charge in [-0.3, -0.25) is 4.90 Å². The molecule has 0 bridgehead atoms. The minimum Gasteiger partial charge on any atom is -0.497 e. The Labute approximate surface area is 146 Å². The summed E-state index contributed by atoms with van der Waals surface area (Å²) in [5.74, 6) is -0.122. The van der Waals surface area contributed by atoms with Gasteiger partial charge in [-0.15, -0.1) is 0 Å². The Morgan fingerprint density at radius 2 is 1.84 bits per heavy atom. The number of alkyl carbamates (subject to hydrolysis) is 1. The van der Waals surface area contributed by atoms with E-state index in [0.717, 1.165) is 0 Å². The Morgan fingerprint density at radius 3 is 2.36 bits per heavy atom. The van der Waals surface area contributed by atoms with Crippen molar-refractivity contribution in [1.29, 1.82) is 0 Å². The molecular formula is C17H22N2O6. The fourth-order valence-corrected chi connectivity index (χ4v) is 2.42. The number of cyclic esters (lactones) is 2. The number of amides is 2. The van der Waals surface area contributed by atoms with Crippen LogP contribution in [-0.2, 0) is 14.3 Å². The summed E-state index contributed by atoms with van der Waals surface area (Å²) in [7, 11) is 1.53. The Balaban J connectivity index is 2.19. The first-order valence-electron chi connectivity index (χ1n) is 7.81. The maximum absolute atomic E-state index is 12.1. The van der Waals surface area contributed by atoms with Gasteiger partial charge >= 0.3 is 18.2 Å². The van der Waals surface area contributed by atoms with Crippen molar-refractivity contribution in [1.82, 2.24) is 5.32 Å². The van der Waals surface area contributed by atoms with Crippen molar-refractivity contribution in [2.24, 2.45) is 0 Å². The van der Waals surface area contributed by atoms with Crippen molar-refractivity contribution in [3.63, 3.8) is 0 Å². The largest absolute Gasteiger partial charge is 0.497 e. The molecule has 1 aliphatic heterocycles. The molecule has 1 N–H and O–H groups in total. The Hall–Kier alpha value is -2.77. The van der Waals surface area contributed by atoms with E-state index < -0.39 is 35.8 Å². The molecule has 8 nitrogen and oxygen atoms in total. The van der Waals surface area contributed by atoms with E-state index in [1.165, 1.54) is 12.0 Å². The minimum atomic E-state index is -0.992. The topological polar surface area (TPSA) is 94.2 Å². The zero-order valence-corrected chi connectivity index (χ0v) is 14.9. The van der Waals surface area contributed by atoms with E-state index in [1.807, 2.05) is 0 Å². The smallest absolute Gasteiger partial charge is 0.422 e. The fourth-order valence-electron chi connectivity index (χ4n) is 2.42. The highest BCUT2D eigenvalue weighted by molar-refractivity contribution is 6.07. The van der Waals surface area contributed by atoms with Gasteiger partial charge in [-0.2, -0.15) is 0 Å². The number of carbonyl (C=O) groups excluding carboxylic acids is 3. The normalized spacial score (nSPS) is 18.6. The number of methoxy groups -OCH3 is 1. The van der Waals surface area contributed by atoms with E-state index in [1.54, 1.807) is 52.0 Å². The van der Waals surface area contributed by atoms with Crippen molar-refractivity contribution in [3.05, 3.63) is 24.3 Å². The van der Waals surface area contributed by atoms with Gasteiger partial charge in [0.1, 0.15) is 11.4 Å². The summed E-state index contributed by atoms with van der Waals surface area (Å²) in [5, 5.41) is 2.57. The summed E-state index contributed by atoms with van der Waals surface area (Å²) in [6.45, 7) is 6.79. The van der Waals surface area contributed by atoms with Crippen LogP contribution < -0.4 is 15.0 Å². The molecule has 0 aromatic heterocycles. The maximum Gasteiger partial charge on any atom is 0.422 e. The first-order chi connectivity index (χ1) is 11.6. The van der Waals surface area contributed by atoms with Crippen molar-refractivity contribution in [2.75, 3.05) is 12.0 Å². The van der Waals surface area contributed by atoms with E-state index in [2.05, 4.69) is 5.32 Å². The Kier molecular flexibility index (Phi) is 5.20. The molecule has 0 saturated carbocycles. The average molecular weight is 350 g/mol. The third-order valence-electron chi connectivity index (χ3n) is 3.47. The molecule has 0 unspecified atom stereocenters. The number of carbonyl (C=O) groups is 3. The van der Waals surface area contributed by atoms with Crippen LogP contribution in [0.25, 0.3) is 0 Å². The quantitative estimate of drug-likeness (QED) is 0.662. The molecule has 0 spiro atoms. The summed E-state index contributed by atoms with van der Waals surface area (Å²) in [6.07, 6.45) is -1.47. The van der Waals surface area contributed by atoms with Crippen LogP contribution in [0.4, 0.5) is 15.3 Å². The highest BCUT2D eigenvalue weighted by atomic mass is 16.6. The van der Waals surface area contributed by atoms with Crippen LogP contribution >= 0.6 is 0 Å². The fraction of sp³-hybridized carbons (Fsp3) is 0.471. The molecule has 2 rings (SSSR count). The van der Waals surface area contributed by atoms with Crippen molar-refractivity contribution in [3.8, 4) is 5.75 Å². The lowest BCUT2D eigenvalue weighted by atomic mass is 10.1. The summed E-state index contributed by atoms with van der Waals surface area (Å²) < 4.78 is 15.0. The lowest BCUT2D eigenvalue weighted by Crippen LogP contribution is -2.52. The van der Waals surface area contributed by atoms with Gasteiger partial charge in [-0.05, 0) is 52.0 Å². The lowest BCUT2D eigenvalue weighted by molar-refractivity contribution is -0.135. The number of anilines is 1. The number of nitrogens with zero attached hydrogens (tertiary/aromatic N) is 1. The van der Waals surface area contributed by atoms with Crippen molar-refractivity contribution < 1.29 is 28.6 Å². The van der Waals surface area contributed by atoms with Crippen LogP contribution in [0.5, 0.6) is 5.75 Å². The number of hydrogen-bond donors (Lipinski definition) is 1. The summed E-state index contributed by atoms with van der Waals surface area (Å²) in [4.78, 5) is 37.3. The number of nitrogens with one attached hydrogen (secondary N) is 1. The van der Waals surface area contributed by atoms with Crippen LogP contribution in [0.15, 0.2) is 24.3 Å². The molecule has 8 heteroatoms. The van der Waals surface area contributed by atoms with Crippen LogP contribution in [0.3, 0.4) is 0 Å². The standard InChI is InChI=1S/C17H22N2O6/c1-10(18-15(21)25-17(2,3)4)13-14(20)24-16(22)19(13)11-6-8-12(23-5)9-7-11/h6-10,13H,1-5H3,(H,18,21)/t10-,13+/m0/s1. The zero-order chi connectivity index (χ0) is 18.8. The van der Waals surface area contributed by atoms with Gasteiger partial charge in [0.05, 0.1) is 13.2 Å². The first-order valence-corrected chi connectivity index (χ1v) is 7.81. The molecule has 0 aliphatic carbocycles. The van der Waals surface area contributed by atoms with E-state index in [-0.39, 0.29) is 0 Å². The third-order valence-corrected chi connectivity index (χ3v) is 3.47. The molecule has 2 amide bonds. The number of esters is 1. The second-order valence-electron chi connectivity index (χ2n) is 6.63. The second kappa shape index (κ2) is 7.00. The van der Waals surface area contributed by atoms with Crippen molar-refractivity contribution in [2.45, 2.75) is 45.4 Å². The predicted molar refractivity (Wildman–Crippen MR) is 89.6 cm³/mol. The molecule has 25 heavy (non-hydrogen) atoms. The number of benzene rings is 1. The molecule has 1 fully saturated rings. The number of rotatable bonds is 4. The highest BCUT2D eigenvalue weighted by Crippen LogP contribution is 2.27. The molecule has 1 heterocycles. The van der Waals surface area contributed by atoms with Gasteiger partial charge in [0, 0.05) is 5.69 Å². The first kappa shape index (κ1) is 18.6. The highest BCUT2D eigenvalue weighted by Gasteiger charge is 2.46. The Morgan fingerprint density at radius 1 is 1.24 bits per heavy atom. The summed E-state index contributed by atoms with van der Waals surface area (Å²) >= 11 is 0. The van der Waals surface area contributed by atoms with E-state index in [0.29, 0.717) is 11.4 Å². The SMILES string of the molecule is COc1ccc(N2C(=O)OC(=O)[C@H]2[C@H](C)NC(=O)OC(C)(C)C)cc1. The molecule has 2 atom stereocenters. The summed E-state index contributed by atoms with van der Waals surface area (Å²) in [5.41, 5.74) is -0.217. The van der Waals surface area contributed by atoms with Gasteiger partial charge in [0.2, 0.25) is 0 Å². The molecular weight excluding hydrogens is 328 g/mol. The average Bonchev–Trinajstić information content (AvgIpc) is 2.79. The van der Waals surface area contributed by atoms with Crippen LogP contribution in [-0.4, -0.2) is 43.0 Å². The second-order valence-corrected chi connectivity index (χ2v) is 6.63. The van der Waals surface area contributed by atoms with Crippen LogP contribution in [0.2, 0.25) is 0 Å². The van der Waals surface area contributed by atoms with Crippen LogP contribution in [0, 0.1) is 0 Å². The minimum absolute atomic E-state index is 0.458. The molecule has 1 aliphatic rings. The monoisotopic (exact) mass is 350 g/mol. The van der Waals surface area contributed by atoms with Gasteiger partial charge in [0.25, 0.3) is 0 Å².